The Morgan fingerprint density at radius 2 is 2.00 bits per heavy atom. The highest BCUT2D eigenvalue weighted by molar-refractivity contribution is 5.84. The summed E-state index contributed by atoms with van der Waals surface area (Å²) >= 11 is 0. The maximum Gasteiger partial charge on any atom is 0.134 e. The van der Waals surface area contributed by atoms with Gasteiger partial charge in [-0.1, -0.05) is 24.3 Å². The lowest BCUT2D eigenvalue weighted by atomic mass is 10.0. The summed E-state index contributed by atoms with van der Waals surface area (Å²) < 4.78 is 6.09. The van der Waals surface area contributed by atoms with Crippen LogP contribution in [0, 0.1) is 0 Å². The molecular formula is C24H26N2O2. The molecule has 0 aliphatic carbocycles. The molecule has 5 rings (SSSR count). The fraction of sp³-hybridized carbons (Fsp3) is 0.333. The number of hydrogen-bond acceptors (Lipinski definition) is 3. The summed E-state index contributed by atoms with van der Waals surface area (Å²) in [6.07, 6.45) is 6.62. The molecule has 0 atom stereocenters. The molecule has 0 saturated heterocycles. The zero-order valence-electron chi connectivity index (χ0n) is 16.1. The molecule has 0 saturated carbocycles. The molecule has 0 radical (unpaired) electrons. The molecule has 1 aliphatic heterocycles. The quantitative estimate of drug-likeness (QED) is 0.477. The van der Waals surface area contributed by atoms with E-state index in [0.29, 0.717) is 0 Å². The van der Waals surface area contributed by atoms with Gasteiger partial charge < -0.3 is 14.5 Å². The Kier molecular flexibility index (Phi) is 4.67. The summed E-state index contributed by atoms with van der Waals surface area (Å²) in [6.45, 7) is 3.25. The summed E-state index contributed by atoms with van der Waals surface area (Å²) in [5.74, 6) is 1.15. The molecule has 3 heterocycles. The average Bonchev–Trinajstić information content (AvgIpc) is 3.31. The van der Waals surface area contributed by atoms with Crippen LogP contribution in [0.2, 0.25) is 0 Å². The lowest BCUT2D eigenvalue weighted by molar-refractivity contribution is 0.227. The van der Waals surface area contributed by atoms with E-state index in [9.17, 15) is 5.11 Å². The Labute approximate surface area is 164 Å². The first-order chi connectivity index (χ1) is 13.8. The average molecular weight is 374 g/mol. The normalized spacial score (nSPS) is 14.8. The second-order valence-corrected chi connectivity index (χ2v) is 7.84. The first-order valence-corrected chi connectivity index (χ1v) is 10.2. The number of aromatic amines is 1. The Morgan fingerprint density at radius 3 is 2.93 bits per heavy atom. The zero-order valence-corrected chi connectivity index (χ0v) is 16.1. The number of unbranched alkanes of at least 4 members (excludes halogenated alkanes) is 1. The summed E-state index contributed by atoms with van der Waals surface area (Å²) in [7, 11) is 0. The second kappa shape index (κ2) is 7.46. The predicted octanol–water partition coefficient (Wildman–Crippen LogP) is 4.79. The highest BCUT2D eigenvalue weighted by Gasteiger charge is 2.21. The molecule has 0 unspecified atom stereocenters. The minimum absolute atomic E-state index is 0.0965. The fourth-order valence-corrected chi connectivity index (χ4v) is 4.48. The third-order valence-electron chi connectivity index (χ3n) is 6.01. The third kappa shape index (κ3) is 3.23. The Morgan fingerprint density at radius 1 is 1.07 bits per heavy atom. The van der Waals surface area contributed by atoms with Crippen LogP contribution in [0.15, 0.2) is 53.1 Å². The van der Waals surface area contributed by atoms with Gasteiger partial charge in [-0.05, 0) is 61.6 Å². The van der Waals surface area contributed by atoms with Crippen molar-refractivity contribution in [1.82, 2.24) is 9.88 Å². The van der Waals surface area contributed by atoms with Gasteiger partial charge in [-0.2, -0.15) is 0 Å². The second-order valence-electron chi connectivity index (χ2n) is 7.84. The van der Waals surface area contributed by atoms with Crippen LogP contribution in [0.3, 0.4) is 0 Å². The molecule has 0 bridgehead atoms. The van der Waals surface area contributed by atoms with Crippen LogP contribution < -0.4 is 0 Å². The maximum absolute atomic E-state index is 9.38. The van der Waals surface area contributed by atoms with E-state index >= 15 is 0 Å². The van der Waals surface area contributed by atoms with Gasteiger partial charge in [0, 0.05) is 34.6 Å². The smallest absolute Gasteiger partial charge is 0.134 e. The van der Waals surface area contributed by atoms with E-state index in [1.54, 1.807) is 0 Å². The summed E-state index contributed by atoms with van der Waals surface area (Å²) in [5, 5.41) is 11.9. The number of aliphatic hydroxyl groups excluding tert-OH is 1. The van der Waals surface area contributed by atoms with Gasteiger partial charge in [0.2, 0.25) is 0 Å². The first-order valence-electron chi connectivity index (χ1n) is 10.2. The summed E-state index contributed by atoms with van der Waals surface area (Å²) in [6, 6.07) is 14.5. The molecule has 2 aromatic heterocycles. The molecule has 2 aromatic carbocycles. The van der Waals surface area contributed by atoms with Crippen LogP contribution >= 0.6 is 0 Å². The lowest BCUT2D eigenvalue weighted by Crippen LogP contribution is -2.30. The van der Waals surface area contributed by atoms with Crippen molar-refractivity contribution < 1.29 is 9.52 Å². The maximum atomic E-state index is 9.38. The molecule has 0 amide bonds. The van der Waals surface area contributed by atoms with Crippen LogP contribution in [0.4, 0.5) is 0 Å². The van der Waals surface area contributed by atoms with E-state index in [2.05, 4.69) is 46.4 Å². The van der Waals surface area contributed by atoms with E-state index in [0.717, 1.165) is 54.9 Å². The van der Waals surface area contributed by atoms with Crippen molar-refractivity contribution in [1.29, 1.82) is 0 Å². The third-order valence-corrected chi connectivity index (χ3v) is 6.01. The number of fused-ring (bicyclic) bond motifs is 4. The number of furan rings is 1. The Hall–Kier alpha value is -2.56. The van der Waals surface area contributed by atoms with E-state index in [1.807, 2.05) is 12.1 Å². The molecule has 28 heavy (non-hydrogen) atoms. The molecule has 1 aliphatic rings. The fourth-order valence-electron chi connectivity index (χ4n) is 4.48. The summed E-state index contributed by atoms with van der Waals surface area (Å²) in [4.78, 5) is 5.87. The van der Waals surface area contributed by atoms with Crippen LogP contribution in [-0.4, -0.2) is 28.1 Å². The Balaban J connectivity index is 1.18. The van der Waals surface area contributed by atoms with Crippen molar-refractivity contribution >= 4 is 21.9 Å². The highest BCUT2D eigenvalue weighted by atomic mass is 16.3. The van der Waals surface area contributed by atoms with Gasteiger partial charge in [-0.15, -0.1) is 0 Å². The van der Waals surface area contributed by atoms with Gasteiger partial charge in [0.05, 0.1) is 13.2 Å². The molecule has 0 spiro atoms. The van der Waals surface area contributed by atoms with Crippen molar-refractivity contribution in [3.8, 4) is 0 Å². The van der Waals surface area contributed by atoms with Gasteiger partial charge in [-0.3, -0.25) is 4.90 Å². The monoisotopic (exact) mass is 374 g/mol. The minimum Gasteiger partial charge on any atom is -0.459 e. The number of para-hydroxylation sites is 1. The number of aryl methyl sites for hydroxylation is 1. The standard InChI is InChI=1S/C24H26N2O2/c27-16-17-8-9-22-21(13-17)18(14-25-22)5-3-4-11-26-12-10-20-19-6-1-2-7-23(19)28-24(20)15-26/h1-2,6-9,13-14,25,27H,3-5,10-12,15-16H2. The minimum atomic E-state index is 0.0965. The number of rotatable bonds is 6. The highest BCUT2D eigenvalue weighted by Crippen LogP contribution is 2.30. The van der Waals surface area contributed by atoms with Gasteiger partial charge in [-0.25, -0.2) is 0 Å². The van der Waals surface area contributed by atoms with Gasteiger partial charge in [0.1, 0.15) is 11.3 Å². The van der Waals surface area contributed by atoms with Gasteiger partial charge in [0.15, 0.2) is 0 Å². The number of hydrogen-bond donors (Lipinski definition) is 2. The Bertz CT molecular complexity index is 1110. The molecule has 4 nitrogen and oxygen atoms in total. The number of nitrogens with zero attached hydrogens (tertiary/aromatic N) is 1. The molecule has 4 aromatic rings. The van der Waals surface area contributed by atoms with E-state index in [4.69, 9.17) is 4.42 Å². The van der Waals surface area contributed by atoms with E-state index in [1.165, 1.54) is 34.7 Å². The van der Waals surface area contributed by atoms with Crippen LogP contribution in [-0.2, 0) is 26.0 Å². The molecule has 144 valence electrons. The first kappa shape index (κ1) is 17.5. The molecule has 0 fully saturated rings. The van der Waals surface area contributed by atoms with Crippen LogP contribution in [0.1, 0.15) is 35.3 Å². The topological polar surface area (TPSA) is 52.4 Å². The van der Waals surface area contributed by atoms with E-state index < -0.39 is 0 Å². The van der Waals surface area contributed by atoms with Crippen molar-refractivity contribution in [2.75, 3.05) is 13.1 Å². The largest absolute Gasteiger partial charge is 0.459 e. The van der Waals surface area contributed by atoms with Crippen molar-refractivity contribution in [2.24, 2.45) is 0 Å². The lowest BCUT2D eigenvalue weighted by Gasteiger charge is -2.25. The molecule has 2 N–H and O–H groups in total. The number of aliphatic hydroxyl groups is 1. The van der Waals surface area contributed by atoms with Crippen LogP contribution in [0.5, 0.6) is 0 Å². The van der Waals surface area contributed by atoms with Crippen molar-refractivity contribution in [2.45, 2.75) is 38.8 Å². The predicted molar refractivity (Wildman–Crippen MR) is 112 cm³/mol. The van der Waals surface area contributed by atoms with Crippen molar-refractivity contribution in [3.63, 3.8) is 0 Å². The van der Waals surface area contributed by atoms with Gasteiger partial charge >= 0.3 is 0 Å². The number of nitrogens with one attached hydrogen (secondary N) is 1. The molecule has 4 heteroatoms. The SMILES string of the molecule is OCc1ccc2[nH]cc(CCCCN3CCc4c(oc5ccccc45)C3)c2c1. The van der Waals surface area contributed by atoms with Crippen molar-refractivity contribution in [3.05, 3.63) is 71.1 Å². The summed E-state index contributed by atoms with van der Waals surface area (Å²) in [5.41, 5.74) is 5.91. The van der Waals surface area contributed by atoms with Gasteiger partial charge in [0.25, 0.3) is 0 Å². The number of benzene rings is 2. The van der Waals surface area contributed by atoms with Crippen LogP contribution in [0.25, 0.3) is 21.9 Å². The number of aromatic nitrogens is 1. The molecular weight excluding hydrogens is 348 g/mol. The van der Waals surface area contributed by atoms with E-state index in [-0.39, 0.29) is 6.61 Å². The zero-order chi connectivity index (χ0) is 18.9. The number of H-pyrrole nitrogens is 1.